The summed E-state index contributed by atoms with van der Waals surface area (Å²) in [4.78, 5) is 28.6. The van der Waals surface area contributed by atoms with Crippen LogP contribution < -0.4 is 15.8 Å². The van der Waals surface area contributed by atoms with E-state index in [-0.39, 0.29) is 23.9 Å². The number of nitrogens with one attached hydrogen (secondary N) is 3. The fourth-order valence-electron chi connectivity index (χ4n) is 4.93. The predicted molar refractivity (Wildman–Crippen MR) is 181 cm³/mol. The minimum absolute atomic E-state index is 0.0601. The number of nitrogens with two attached hydrogens (primary N) is 1. The van der Waals surface area contributed by atoms with Gasteiger partial charge in [0.25, 0.3) is 0 Å². The zero-order chi connectivity index (χ0) is 33.0. The molecular weight excluding hydrogens is 583 g/mol. The second-order valence-corrected chi connectivity index (χ2v) is 11.5. The van der Waals surface area contributed by atoms with E-state index in [1.807, 2.05) is 51.3 Å². The third kappa shape index (κ3) is 7.63. The Kier molecular flexibility index (Phi) is 9.55. The van der Waals surface area contributed by atoms with Crippen LogP contribution in [0.15, 0.2) is 90.8 Å². The Hall–Kier alpha value is -5.39. The molecule has 1 aromatic carbocycles. The Morgan fingerprint density at radius 3 is 2.65 bits per heavy atom. The van der Waals surface area contributed by atoms with Gasteiger partial charge in [0.2, 0.25) is 5.91 Å². The van der Waals surface area contributed by atoms with Crippen molar-refractivity contribution in [1.82, 2.24) is 30.1 Å². The van der Waals surface area contributed by atoms with E-state index in [4.69, 9.17) is 20.9 Å². The van der Waals surface area contributed by atoms with Crippen LogP contribution in [0.5, 0.6) is 5.75 Å². The zero-order valence-electron chi connectivity index (χ0n) is 26.3. The van der Waals surface area contributed by atoms with Crippen molar-refractivity contribution in [1.29, 1.82) is 5.41 Å². The van der Waals surface area contributed by atoms with Gasteiger partial charge in [0, 0.05) is 35.5 Å². The molecule has 5 N–H and O–H groups in total. The highest BCUT2D eigenvalue weighted by atomic mass is 19.1. The van der Waals surface area contributed by atoms with Gasteiger partial charge in [-0.1, -0.05) is 12.7 Å². The maximum absolute atomic E-state index is 14.7. The number of nitrogens with zero attached hydrogens (tertiary/aromatic N) is 4. The number of nitrogen functional groups attached to an aromatic ring is 1. The highest BCUT2D eigenvalue weighted by Gasteiger charge is 2.18. The number of carbonyl (C=O) groups is 1. The number of rotatable bonds is 11. The highest BCUT2D eigenvalue weighted by molar-refractivity contribution is 6.14. The number of fused-ring (bicyclic) bond motifs is 1. The third-order valence-electron chi connectivity index (χ3n) is 7.12. The van der Waals surface area contributed by atoms with Crippen molar-refractivity contribution in [2.24, 2.45) is 0 Å². The SMILES string of the molecule is C=C1C=CC(NC(=O)CN(C)C)=CC(c2ccc(N)c(C(=N)c3cc4c(-c5cc(F)cc(OCCN(C)C)c5)ccnc4[nH]3)n2)=C1. The number of halogens is 1. The van der Waals surface area contributed by atoms with Crippen molar-refractivity contribution in [3.63, 3.8) is 0 Å². The summed E-state index contributed by atoms with van der Waals surface area (Å²) in [6.45, 7) is 5.42. The summed E-state index contributed by atoms with van der Waals surface area (Å²) < 4.78 is 20.5. The summed E-state index contributed by atoms with van der Waals surface area (Å²) >= 11 is 0. The van der Waals surface area contributed by atoms with Crippen molar-refractivity contribution in [2.45, 2.75) is 0 Å². The number of pyridine rings is 2. The Morgan fingerprint density at radius 2 is 1.89 bits per heavy atom. The van der Waals surface area contributed by atoms with Crippen molar-refractivity contribution < 1.29 is 13.9 Å². The number of allylic oxidation sites excluding steroid dienone is 6. The number of likely N-dealkylation sites (N-methyl/N-ethyl adjacent to an activating group) is 2. The van der Waals surface area contributed by atoms with Gasteiger partial charge in [0.15, 0.2) is 0 Å². The zero-order valence-corrected chi connectivity index (χ0v) is 26.3. The lowest BCUT2D eigenvalue weighted by Crippen LogP contribution is -2.32. The molecule has 236 valence electrons. The molecule has 0 saturated heterocycles. The number of aromatic nitrogens is 3. The van der Waals surface area contributed by atoms with Gasteiger partial charge in [-0.15, -0.1) is 0 Å². The normalized spacial score (nSPS) is 13.2. The molecule has 0 radical (unpaired) electrons. The largest absolute Gasteiger partial charge is 0.492 e. The van der Waals surface area contributed by atoms with Gasteiger partial charge in [-0.2, -0.15) is 0 Å². The summed E-state index contributed by atoms with van der Waals surface area (Å²) in [7, 11) is 7.53. The van der Waals surface area contributed by atoms with E-state index in [1.54, 1.807) is 47.5 Å². The molecule has 4 aromatic rings. The van der Waals surface area contributed by atoms with Gasteiger partial charge in [0.1, 0.15) is 35.2 Å². The van der Waals surface area contributed by atoms with Gasteiger partial charge >= 0.3 is 0 Å². The van der Waals surface area contributed by atoms with E-state index < -0.39 is 5.82 Å². The summed E-state index contributed by atoms with van der Waals surface area (Å²) in [5, 5.41) is 12.7. The lowest BCUT2D eigenvalue weighted by atomic mass is 10.0. The number of amides is 1. The van der Waals surface area contributed by atoms with E-state index in [0.717, 1.165) is 11.1 Å². The molecule has 3 heterocycles. The molecule has 1 amide bonds. The molecule has 0 aliphatic heterocycles. The number of carbonyl (C=O) groups excluding carboxylic acids is 1. The average Bonchev–Trinajstić information content (AvgIpc) is 3.34. The van der Waals surface area contributed by atoms with Crippen LogP contribution in [0.25, 0.3) is 27.7 Å². The smallest absolute Gasteiger partial charge is 0.238 e. The second-order valence-electron chi connectivity index (χ2n) is 11.5. The van der Waals surface area contributed by atoms with Crippen LogP contribution >= 0.6 is 0 Å². The first-order valence-electron chi connectivity index (χ1n) is 14.6. The third-order valence-corrected chi connectivity index (χ3v) is 7.12. The Bertz CT molecular complexity index is 1920. The maximum atomic E-state index is 14.7. The number of ether oxygens (including phenoxy) is 1. The van der Waals surface area contributed by atoms with Crippen LogP contribution in [-0.4, -0.2) is 84.3 Å². The number of hydrogen-bond donors (Lipinski definition) is 4. The molecular formula is C35H37FN8O2. The number of aromatic amines is 1. The topological polar surface area (TPSA) is 136 Å². The van der Waals surface area contributed by atoms with Crippen LogP contribution in [-0.2, 0) is 4.79 Å². The van der Waals surface area contributed by atoms with Crippen LogP contribution in [0.3, 0.4) is 0 Å². The predicted octanol–water partition coefficient (Wildman–Crippen LogP) is 4.77. The van der Waals surface area contributed by atoms with Gasteiger partial charge in [-0.05, 0) is 99.5 Å². The minimum Gasteiger partial charge on any atom is -0.492 e. The maximum Gasteiger partial charge on any atom is 0.238 e. The quantitative estimate of drug-likeness (QED) is 0.177. The fourth-order valence-corrected chi connectivity index (χ4v) is 4.93. The van der Waals surface area contributed by atoms with Crippen molar-refractivity contribution in [3.05, 3.63) is 114 Å². The summed E-state index contributed by atoms with van der Waals surface area (Å²) in [6, 6.07) is 11.7. The van der Waals surface area contributed by atoms with Crippen LogP contribution in [0.4, 0.5) is 10.1 Å². The first-order chi connectivity index (χ1) is 22.0. The molecule has 11 heteroatoms. The molecule has 1 aliphatic rings. The molecule has 3 aromatic heterocycles. The van der Waals surface area contributed by atoms with Crippen molar-refractivity contribution >= 4 is 33.9 Å². The van der Waals surface area contributed by atoms with Crippen LogP contribution in [0.2, 0.25) is 0 Å². The Morgan fingerprint density at radius 1 is 1.09 bits per heavy atom. The molecule has 0 fully saturated rings. The number of benzene rings is 1. The highest BCUT2D eigenvalue weighted by Crippen LogP contribution is 2.32. The fraction of sp³-hybridized carbons (Fsp3) is 0.200. The van der Waals surface area contributed by atoms with Gasteiger partial charge < -0.3 is 30.6 Å². The first kappa shape index (κ1) is 32.0. The van der Waals surface area contributed by atoms with Crippen LogP contribution in [0, 0.1) is 11.2 Å². The summed E-state index contributed by atoms with van der Waals surface area (Å²) in [5.74, 6) is -0.141. The standard InChI is InChI=1S/C35H37FN8O2/c1-21-6-7-25(40-32(45)20-44(4)5)16-23(14-21)30-9-8-29(37)34(41-30)33(38)31-19-28-27(10-11-39-35(28)42-31)22-15-24(36)18-26(17-22)46-13-12-43(2)3/h6-11,14-19,38H,1,12-13,20,37H2,2-5H3,(H,39,42)(H,40,45). The van der Waals surface area contributed by atoms with E-state index in [1.165, 1.54) is 12.1 Å². The van der Waals surface area contributed by atoms with Crippen molar-refractivity contribution in [2.75, 3.05) is 53.6 Å². The van der Waals surface area contributed by atoms with Gasteiger partial charge in [-0.3, -0.25) is 10.2 Å². The first-order valence-corrected chi connectivity index (χ1v) is 14.6. The average molecular weight is 621 g/mol. The molecule has 0 spiro atoms. The molecule has 0 atom stereocenters. The van der Waals surface area contributed by atoms with E-state index in [9.17, 15) is 9.18 Å². The molecule has 0 unspecified atom stereocenters. The monoisotopic (exact) mass is 620 g/mol. The molecule has 1 aliphatic carbocycles. The Labute approximate surface area is 267 Å². The number of hydrogen-bond acceptors (Lipinski definition) is 8. The lowest BCUT2D eigenvalue weighted by Gasteiger charge is -2.12. The lowest BCUT2D eigenvalue weighted by molar-refractivity contribution is -0.120. The second kappa shape index (κ2) is 13.7. The van der Waals surface area contributed by atoms with Crippen LogP contribution in [0.1, 0.15) is 17.1 Å². The van der Waals surface area contributed by atoms with Gasteiger partial charge in [0.05, 0.1) is 23.6 Å². The molecule has 10 nitrogen and oxygen atoms in total. The molecule has 46 heavy (non-hydrogen) atoms. The molecule has 0 bridgehead atoms. The Balaban J connectivity index is 1.46. The number of anilines is 1. The summed E-state index contributed by atoms with van der Waals surface area (Å²) in [6.07, 6.45) is 8.88. The number of H-pyrrole nitrogens is 1. The van der Waals surface area contributed by atoms with E-state index >= 15 is 0 Å². The molecule has 5 rings (SSSR count). The molecule has 0 saturated carbocycles. The van der Waals surface area contributed by atoms with Crippen molar-refractivity contribution in [3.8, 4) is 16.9 Å². The minimum atomic E-state index is -0.417. The van der Waals surface area contributed by atoms with Gasteiger partial charge in [-0.25, -0.2) is 14.4 Å². The summed E-state index contributed by atoms with van der Waals surface area (Å²) in [5.41, 5.74) is 11.9. The van der Waals surface area contributed by atoms with E-state index in [2.05, 4.69) is 21.9 Å². The van der Waals surface area contributed by atoms with E-state index in [0.29, 0.717) is 63.8 Å².